The minimum atomic E-state index is -0.215. The molecule has 0 spiro atoms. The molecule has 0 aliphatic carbocycles. The van der Waals surface area contributed by atoms with E-state index in [9.17, 15) is 4.79 Å². The van der Waals surface area contributed by atoms with E-state index in [0.717, 1.165) is 36.7 Å². The van der Waals surface area contributed by atoms with Gasteiger partial charge in [-0.1, -0.05) is 18.2 Å². The summed E-state index contributed by atoms with van der Waals surface area (Å²) in [5, 5.41) is 16.4. The number of H-pyrrole nitrogens is 1. The lowest BCUT2D eigenvalue weighted by molar-refractivity contribution is 0.686. The van der Waals surface area contributed by atoms with Crippen molar-refractivity contribution in [3.05, 3.63) is 58.5 Å². The SMILES string of the molecule is O=c1[nH]c(NCCc2nnc3n2CCC3)nc2c1cnn2-c1ccccc1. The van der Waals surface area contributed by atoms with Crippen molar-refractivity contribution in [3.63, 3.8) is 0 Å². The van der Waals surface area contributed by atoms with Crippen molar-refractivity contribution in [2.45, 2.75) is 25.8 Å². The first-order valence-electron chi connectivity index (χ1n) is 8.98. The molecule has 136 valence electrons. The number of rotatable bonds is 5. The number of aromatic amines is 1. The number of hydrogen-bond donors (Lipinski definition) is 2. The first-order valence-corrected chi connectivity index (χ1v) is 8.98. The summed E-state index contributed by atoms with van der Waals surface area (Å²) in [6.45, 7) is 1.58. The highest BCUT2D eigenvalue weighted by atomic mass is 16.1. The van der Waals surface area contributed by atoms with Crippen LogP contribution < -0.4 is 10.9 Å². The third-order valence-electron chi connectivity index (χ3n) is 4.77. The van der Waals surface area contributed by atoms with Gasteiger partial charge in [-0.15, -0.1) is 10.2 Å². The maximum atomic E-state index is 12.4. The molecule has 9 heteroatoms. The summed E-state index contributed by atoms with van der Waals surface area (Å²) in [5.74, 6) is 2.45. The highest BCUT2D eigenvalue weighted by molar-refractivity contribution is 5.76. The number of anilines is 1. The van der Waals surface area contributed by atoms with Crippen LogP contribution >= 0.6 is 0 Å². The second-order valence-corrected chi connectivity index (χ2v) is 6.51. The zero-order valence-electron chi connectivity index (χ0n) is 14.6. The third kappa shape index (κ3) is 2.77. The van der Waals surface area contributed by atoms with Crippen LogP contribution in [0.25, 0.3) is 16.7 Å². The molecule has 0 atom stereocenters. The van der Waals surface area contributed by atoms with E-state index in [1.807, 2.05) is 30.3 Å². The molecule has 4 heterocycles. The van der Waals surface area contributed by atoms with Gasteiger partial charge in [0.15, 0.2) is 5.65 Å². The number of aromatic nitrogens is 7. The van der Waals surface area contributed by atoms with Crippen LogP contribution in [-0.4, -0.2) is 41.1 Å². The molecule has 1 aliphatic rings. The number of benzene rings is 1. The zero-order chi connectivity index (χ0) is 18.2. The zero-order valence-corrected chi connectivity index (χ0v) is 14.6. The van der Waals surface area contributed by atoms with Gasteiger partial charge in [0.1, 0.15) is 17.0 Å². The summed E-state index contributed by atoms with van der Waals surface area (Å²) in [6.07, 6.45) is 4.37. The molecule has 1 aliphatic heterocycles. The number of para-hydroxylation sites is 1. The largest absolute Gasteiger partial charge is 0.355 e. The molecule has 0 radical (unpaired) electrons. The Bertz CT molecular complexity index is 1160. The monoisotopic (exact) mass is 362 g/mol. The Morgan fingerprint density at radius 3 is 2.96 bits per heavy atom. The molecule has 0 amide bonds. The standard InChI is InChI=1S/C18H18N8O/c27-17-13-11-20-26(12-5-2-1-3-6-12)16(13)21-18(22-17)19-9-8-15-24-23-14-7-4-10-25(14)15/h1-3,5-6,11H,4,7-10H2,(H2,19,21,22,27). The Balaban J connectivity index is 1.39. The first kappa shape index (κ1) is 15.7. The van der Waals surface area contributed by atoms with E-state index in [1.165, 1.54) is 6.20 Å². The molecule has 5 rings (SSSR count). The average Bonchev–Trinajstić information content (AvgIpc) is 3.39. The molecular weight excluding hydrogens is 344 g/mol. The van der Waals surface area contributed by atoms with Gasteiger partial charge < -0.3 is 9.88 Å². The highest BCUT2D eigenvalue weighted by Crippen LogP contribution is 2.16. The number of aryl methyl sites for hydroxylation is 1. The van der Waals surface area contributed by atoms with Crippen molar-refractivity contribution < 1.29 is 0 Å². The van der Waals surface area contributed by atoms with Gasteiger partial charge in [-0.2, -0.15) is 10.1 Å². The summed E-state index contributed by atoms with van der Waals surface area (Å²) in [5.41, 5.74) is 1.17. The maximum absolute atomic E-state index is 12.4. The number of fused-ring (bicyclic) bond motifs is 2. The number of hydrogen-bond acceptors (Lipinski definition) is 6. The third-order valence-corrected chi connectivity index (χ3v) is 4.77. The average molecular weight is 362 g/mol. The molecule has 0 fully saturated rings. The highest BCUT2D eigenvalue weighted by Gasteiger charge is 2.17. The van der Waals surface area contributed by atoms with Crippen LogP contribution in [0.15, 0.2) is 41.3 Å². The van der Waals surface area contributed by atoms with E-state index in [1.54, 1.807) is 4.68 Å². The molecule has 0 saturated heterocycles. The van der Waals surface area contributed by atoms with Gasteiger partial charge in [0.05, 0.1) is 11.9 Å². The fraction of sp³-hybridized carbons (Fsp3) is 0.278. The van der Waals surface area contributed by atoms with E-state index in [4.69, 9.17) is 0 Å². The Morgan fingerprint density at radius 2 is 2.07 bits per heavy atom. The molecule has 3 aromatic heterocycles. The van der Waals surface area contributed by atoms with E-state index in [2.05, 4.69) is 35.1 Å². The minimum absolute atomic E-state index is 0.215. The lowest BCUT2D eigenvalue weighted by Crippen LogP contribution is -2.16. The van der Waals surface area contributed by atoms with Crippen molar-refractivity contribution in [2.24, 2.45) is 0 Å². The van der Waals surface area contributed by atoms with Gasteiger partial charge in [0, 0.05) is 25.9 Å². The second-order valence-electron chi connectivity index (χ2n) is 6.51. The first-order chi connectivity index (χ1) is 13.3. The van der Waals surface area contributed by atoms with Gasteiger partial charge in [-0.3, -0.25) is 9.78 Å². The minimum Gasteiger partial charge on any atom is -0.355 e. The van der Waals surface area contributed by atoms with Crippen LogP contribution in [-0.2, 0) is 19.4 Å². The van der Waals surface area contributed by atoms with Crippen LogP contribution in [0.4, 0.5) is 5.95 Å². The van der Waals surface area contributed by atoms with Gasteiger partial charge in [0.25, 0.3) is 5.56 Å². The van der Waals surface area contributed by atoms with Crippen LogP contribution in [0.3, 0.4) is 0 Å². The van der Waals surface area contributed by atoms with E-state index < -0.39 is 0 Å². The molecule has 27 heavy (non-hydrogen) atoms. The summed E-state index contributed by atoms with van der Waals surface area (Å²) in [7, 11) is 0. The Kier molecular flexibility index (Phi) is 3.70. The van der Waals surface area contributed by atoms with E-state index >= 15 is 0 Å². The smallest absolute Gasteiger partial charge is 0.263 e. The molecular formula is C18H18N8O. The lowest BCUT2D eigenvalue weighted by atomic mass is 10.3. The summed E-state index contributed by atoms with van der Waals surface area (Å²) >= 11 is 0. The Labute approximate surface area is 154 Å². The van der Waals surface area contributed by atoms with Crippen molar-refractivity contribution in [1.82, 2.24) is 34.5 Å². The van der Waals surface area contributed by atoms with Crippen LogP contribution in [0.5, 0.6) is 0 Å². The quantitative estimate of drug-likeness (QED) is 0.554. The maximum Gasteiger partial charge on any atom is 0.263 e. The predicted molar refractivity (Wildman–Crippen MR) is 100 cm³/mol. The summed E-state index contributed by atoms with van der Waals surface area (Å²) in [6, 6.07) is 9.63. The number of nitrogens with one attached hydrogen (secondary N) is 2. The Hall–Kier alpha value is -3.49. The van der Waals surface area contributed by atoms with Gasteiger partial charge in [0.2, 0.25) is 5.95 Å². The van der Waals surface area contributed by atoms with Crippen LogP contribution in [0.1, 0.15) is 18.1 Å². The molecule has 9 nitrogen and oxygen atoms in total. The van der Waals surface area contributed by atoms with Gasteiger partial charge in [-0.05, 0) is 18.6 Å². The van der Waals surface area contributed by atoms with Crippen molar-refractivity contribution in [2.75, 3.05) is 11.9 Å². The Morgan fingerprint density at radius 1 is 1.19 bits per heavy atom. The number of nitrogens with zero attached hydrogens (tertiary/aromatic N) is 6. The fourth-order valence-corrected chi connectivity index (χ4v) is 3.45. The summed E-state index contributed by atoms with van der Waals surface area (Å²) < 4.78 is 3.84. The van der Waals surface area contributed by atoms with E-state index in [0.29, 0.717) is 29.9 Å². The topological polar surface area (TPSA) is 106 Å². The van der Waals surface area contributed by atoms with Crippen LogP contribution in [0, 0.1) is 0 Å². The molecule has 1 aromatic carbocycles. The molecule has 0 saturated carbocycles. The van der Waals surface area contributed by atoms with Crippen molar-refractivity contribution in [1.29, 1.82) is 0 Å². The van der Waals surface area contributed by atoms with Crippen molar-refractivity contribution in [3.8, 4) is 5.69 Å². The fourth-order valence-electron chi connectivity index (χ4n) is 3.45. The molecule has 2 N–H and O–H groups in total. The predicted octanol–water partition coefficient (Wildman–Crippen LogP) is 1.30. The van der Waals surface area contributed by atoms with E-state index in [-0.39, 0.29) is 5.56 Å². The van der Waals surface area contributed by atoms with Gasteiger partial charge >= 0.3 is 0 Å². The summed E-state index contributed by atoms with van der Waals surface area (Å²) in [4.78, 5) is 19.7. The normalized spacial score (nSPS) is 13.2. The van der Waals surface area contributed by atoms with Crippen LogP contribution in [0.2, 0.25) is 0 Å². The molecule has 0 unspecified atom stereocenters. The van der Waals surface area contributed by atoms with Crippen molar-refractivity contribution >= 4 is 17.0 Å². The molecule has 0 bridgehead atoms. The lowest BCUT2D eigenvalue weighted by Gasteiger charge is -2.07. The van der Waals surface area contributed by atoms with Gasteiger partial charge in [-0.25, -0.2) is 4.68 Å². The second kappa shape index (κ2) is 6.35. The molecule has 4 aromatic rings.